The molecule has 13 heavy (non-hydrogen) atoms. The van der Waals surface area contributed by atoms with Crippen molar-refractivity contribution in [1.29, 1.82) is 0 Å². The molecule has 1 aromatic heterocycles. The highest BCUT2D eigenvalue weighted by molar-refractivity contribution is 5.37. The smallest absolute Gasteiger partial charge is 0.325 e. The van der Waals surface area contributed by atoms with Crippen molar-refractivity contribution in [2.24, 2.45) is 0 Å². The Kier molecular flexibility index (Phi) is 2.86. The number of aromatic amines is 2. The van der Waals surface area contributed by atoms with E-state index in [-0.39, 0.29) is 12.2 Å². The zero-order valence-electron chi connectivity index (χ0n) is 7.13. The summed E-state index contributed by atoms with van der Waals surface area (Å²) in [4.78, 5) is 26.0. The van der Waals surface area contributed by atoms with Crippen molar-refractivity contribution >= 4 is 5.69 Å². The molecule has 0 amide bonds. The van der Waals surface area contributed by atoms with Gasteiger partial charge in [0.15, 0.2) is 0 Å². The normalized spacial score (nSPS) is 12.5. The molecule has 0 aromatic carbocycles. The Hall–Kier alpha value is -1.56. The van der Waals surface area contributed by atoms with Gasteiger partial charge in [0.05, 0.1) is 6.10 Å². The van der Waals surface area contributed by atoms with Gasteiger partial charge in [0, 0.05) is 12.7 Å². The van der Waals surface area contributed by atoms with E-state index in [0.717, 1.165) is 0 Å². The Morgan fingerprint density at radius 2 is 2.31 bits per heavy atom. The quantitative estimate of drug-likeness (QED) is 0.478. The van der Waals surface area contributed by atoms with Gasteiger partial charge < -0.3 is 15.4 Å². The second kappa shape index (κ2) is 3.90. The SMILES string of the molecule is C[C@H](O)CNc1c[nH]c(=O)[nH]c1=O. The van der Waals surface area contributed by atoms with Crippen LogP contribution in [0.25, 0.3) is 0 Å². The van der Waals surface area contributed by atoms with Crippen molar-refractivity contribution in [2.75, 3.05) is 11.9 Å². The van der Waals surface area contributed by atoms with Crippen molar-refractivity contribution in [2.45, 2.75) is 13.0 Å². The molecule has 72 valence electrons. The van der Waals surface area contributed by atoms with Crippen molar-refractivity contribution in [3.8, 4) is 0 Å². The van der Waals surface area contributed by atoms with Gasteiger partial charge in [0.25, 0.3) is 5.56 Å². The molecule has 0 fully saturated rings. The summed E-state index contributed by atoms with van der Waals surface area (Å²) in [5, 5.41) is 11.6. The van der Waals surface area contributed by atoms with Crippen LogP contribution < -0.4 is 16.6 Å². The molecular formula is C7H11N3O3. The summed E-state index contributed by atoms with van der Waals surface area (Å²) in [7, 11) is 0. The van der Waals surface area contributed by atoms with E-state index in [1.165, 1.54) is 6.20 Å². The minimum Gasteiger partial charge on any atom is -0.392 e. The fraction of sp³-hybridized carbons (Fsp3) is 0.429. The van der Waals surface area contributed by atoms with Crippen LogP contribution in [0.5, 0.6) is 0 Å². The van der Waals surface area contributed by atoms with E-state index in [9.17, 15) is 9.59 Å². The van der Waals surface area contributed by atoms with E-state index < -0.39 is 17.4 Å². The molecule has 0 unspecified atom stereocenters. The number of H-pyrrole nitrogens is 2. The van der Waals surface area contributed by atoms with Crippen LogP contribution in [-0.4, -0.2) is 27.7 Å². The van der Waals surface area contributed by atoms with Crippen molar-refractivity contribution in [3.63, 3.8) is 0 Å². The lowest BCUT2D eigenvalue weighted by molar-refractivity contribution is 0.208. The number of hydrogen-bond acceptors (Lipinski definition) is 4. The van der Waals surface area contributed by atoms with Crippen molar-refractivity contribution < 1.29 is 5.11 Å². The Labute approximate surface area is 73.6 Å². The predicted molar refractivity (Wildman–Crippen MR) is 47.9 cm³/mol. The van der Waals surface area contributed by atoms with Gasteiger partial charge in [-0.1, -0.05) is 0 Å². The Morgan fingerprint density at radius 1 is 1.62 bits per heavy atom. The Morgan fingerprint density at radius 3 is 2.85 bits per heavy atom. The summed E-state index contributed by atoms with van der Waals surface area (Å²) in [6.45, 7) is 1.85. The molecular weight excluding hydrogens is 174 g/mol. The average molecular weight is 185 g/mol. The molecule has 0 aliphatic rings. The molecule has 1 atom stereocenters. The second-order valence-electron chi connectivity index (χ2n) is 2.72. The van der Waals surface area contributed by atoms with Gasteiger partial charge in [-0.05, 0) is 6.92 Å². The summed E-state index contributed by atoms with van der Waals surface area (Å²) < 4.78 is 0. The van der Waals surface area contributed by atoms with Gasteiger partial charge in [-0.3, -0.25) is 9.78 Å². The second-order valence-corrected chi connectivity index (χ2v) is 2.72. The van der Waals surface area contributed by atoms with Crippen LogP contribution in [0, 0.1) is 0 Å². The number of hydrogen-bond donors (Lipinski definition) is 4. The van der Waals surface area contributed by atoms with E-state index in [4.69, 9.17) is 5.11 Å². The maximum Gasteiger partial charge on any atom is 0.325 e. The van der Waals surface area contributed by atoms with Gasteiger partial charge >= 0.3 is 5.69 Å². The van der Waals surface area contributed by atoms with Crippen LogP contribution >= 0.6 is 0 Å². The number of nitrogens with one attached hydrogen (secondary N) is 3. The number of aliphatic hydroxyl groups excluding tert-OH is 1. The first-order valence-corrected chi connectivity index (χ1v) is 3.83. The van der Waals surface area contributed by atoms with E-state index in [2.05, 4.69) is 15.3 Å². The van der Waals surface area contributed by atoms with E-state index in [1.54, 1.807) is 6.92 Å². The zero-order chi connectivity index (χ0) is 9.84. The number of aromatic nitrogens is 2. The predicted octanol–water partition coefficient (Wildman–Crippen LogP) is -1.14. The van der Waals surface area contributed by atoms with Gasteiger partial charge in [0.2, 0.25) is 0 Å². The maximum absolute atomic E-state index is 11.0. The molecule has 0 spiro atoms. The van der Waals surface area contributed by atoms with Crippen LogP contribution in [0.15, 0.2) is 15.8 Å². The van der Waals surface area contributed by atoms with Crippen LogP contribution in [0.1, 0.15) is 6.92 Å². The molecule has 1 rings (SSSR count). The monoisotopic (exact) mass is 185 g/mol. The Bertz CT molecular complexity index is 379. The number of rotatable bonds is 3. The van der Waals surface area contributed by atoms with E-state index in [0.29, 0.717) is 0 Å². The Balaban J connectivity index is 2.79. The third-order valence-electron chi connectivity index (χ3n) is 1.41. The highest BCUT2D eigenvalue weighted by Gasteiger charge is 2.00. The van der Waals surface area contributed by atoms with Gasteiger partial charge in [-0.2, -0.15) is 0 Å². The third-order valence-corrected chi connectivity index (χ3v) is 1.41. The first-order valence-electron chi connectivity index (χ1n) is 3.83. The molecule has 1 aromatic rings. The topological polar surface area (TPSA) is 98.0 Å². The third kappa shape index (κ3) is 2.75. The largest absolute Gasteiger partial charge is 0.392 e. The molecule has 4 N–H and O–H groups in total. The molecule has 0 saturated carbocycles. The lowest BCUT2D eigenvalue weighted by Crippen LogP contribution is -2.26. The van der Waals surface area contributed by atoms with Crippen LogP contribution in [-0.2, 0) is 0 Å². The maximum atomic E-state index is 11.0. The van der Waals surface area contributed by atoms with Gasteiger partial charge in [0.1, 0.15) is 5.69 Å². The number of anilines is 1. The van der Waals surface area contributed by atoms with E-state index >= 15 is 0 Å². The molecule has 0 aliphatic heterocycles. The molecule has 1 heterocycles. The van der Waals surface area contributed by atoms with Crippen LogP contribution in [0.3, 0.4) is 0 Å². The molecule has 0 aliphatic carbocycles. The molecule has 0 bridgehead atoms. The summed E-state index contributed by atoms with van der Waals surface area (Å²) in [5.41, 5.74) is -0.808. The summed E-state index contributed by atoms with van der Waals surface area (Å²) in [6.07, 6.45) is 0.718. The molecule has 6 heteroatoms. The zero-order valence-corrected chi connectivity index (χ0v) is 7.13. The average Bonchev–Trinajstić information content (AvgIpc) is 2.02. The first kappa shape index (κ1) is 9.53. The standard InChI is InChI=1S/C7H11N3O3/c1-4(11)2-8-5-3-9-7(13)10-6(5)12/h3-4,8,11H,2H2,1H3,(H2,9,10,12,13)/t4-/m0/s1. The summed E-state index contributed by atoms with van der Waals surface area (Å²) >= 11 is 0. The molecule has 6 nitrogen and oxygen atoms in total. The lowest BCUT2D eigenvalue weighted by atomic mass is 10.4. The van der Waals surface area contributed by atoms with Crippen LogP contribution in [0.2, 0.25) is 0 Å². The molecule has 0 radical (unpaired) electrons. The van der Waals surface area contributed by atoms with Crippen molar-refractivity contribution in [3.05, 3.63) is 27.0 Å². The lowest BCUT2D eigenvalue weighted by Gasteiger charge is -2.05. The fourth-order valence-electron chi connectivity index (χ4n) is 0.799. The minimum absolute atomic E-state index is 0.237. The highest BCUT2D eigenvalue weighted by Crippen LogP contribution is 1.91. The van der Waals surface area contributed by atoms with E-state index in [1.807, 2.05) is 0 Å². The fourth-order valence-corrected chi connectivity index (χ4v) is 0.799. The van der Waals surface area contributed by atoms with Crippen molar-refractivity contribution in [1.82, 2.24) is 9.97 Å². The van der Waals surface area contributed by atoms with Gasteiger partial charge in [-0.25, -0.2) is 4.79 Å². The highest BCUT2D eigenvalue weighted by atomic mass is 16.3. The summed E-state index contributed by atoms with van der Waals surface area (Å²) in [5.74, 6) is 0. The molecule has 0 saturated heterocycles. The minimum atomic E-state index is -0.550. The first-order chi connectivity index (χ1) is 6.09. The van der Waals surface area contributed by atoms with Crippen LogP contribution in [0.4, 0.5) is 5.69 Å². The number of aliphatic hydroxyl groups is 1. The summed E-state index contributed by atoms with van der Waals surface area (Å²) in [6, 6.07) is 0. The van der Waals surface area contributed by atoms with Gasteiger partial charge in [-0.15, -0.1) is 0 Å².